The number of primary amides is 1. The van der Waals surface area contributed by atoms with Crippen molar-refractivity contribution in [3.05, 3.63) is 47.5 Å². The van der Waals surface area contributed by atoms with Crippen molar-refractivity contribution < 1.29 is 48.5 Å². The van der Waals surface area contributed by atoms with E-state index in [-0.39, 0.29) is 24.2 Å². The molecule has 12 nitrogen and oxygen atoms in total. The van der Waals surface area contributed by atoms with Gasteiger partial charge in [-0.05, 0) is 59.6 Å². The van der Waals surface area contributed by atoms with E-state index in [0.717, 1.165) is 7.11 Å². The average molecular weight is 591 g/mol. The molecule has 5 rings (SSSR count). The molecule has 3 aliphatic carbocycles. The molecule has 0 bridgehead atoms. The molecule has 0 radical (unpaired) electrons. The Morgan fingerprint density at radius 3 is 2.26 bits per heavy atom. The van der Waals surface area contributed by atoms with Crippen molar-refractivity contribution in [3.8, 4) is 16.9 Å². The third-order valence-corrected chi connectivity index (χ3v) is 9.02. The molecular weight excluding hydrogens is 560 g/mol. The van der Waals surface area contributed by atoms with Crippen molar-refractivity contribution in [2.45, 2.75) is 32.3 Å². The Balaban J connectivity index is 1.56. The first-order valence-electron chi connectivity index (χ1n) is 13.8. The van der Waals surface area contributed by atoms with E-state index in [1.54, 1.807) is 32.0 Å². The van der Waals surface area contributed by atoms with Gasteiger partial charge in [-0.2, -0.15) is 0 Å². The van der Waals surface area contributed by atoms with E-state index in [0.29, 0.717) is 22.4 Å². The number of phenolic OH excluding ortho intramolecular Hbond substituents is 1. The van der Waals surface area contributed by atoms with Gasteiger partial charge in [0.2, 0.25) is 5.91 Å². The van der Waals surface area contributed by atoms with Gasteiger partial charge < -0.3 is 26.0 Å². The molecule has 0 heterocycles. The summed E-state index contributed by atoms with van der Waals surface area (Å²) in [5.74, 6) is -14.4. The van der Waals surface area contributed by atoms with E-state index in [1.807, 2.05) is 0 Å². The summed E-state index contributed by atoms with van der Waals surface area (Å²) in [6.45, 7) is 3.37. The Morgan fingerprint density at radius 2 is 1.67 bits per heavy atom. The van der Waals surface area contributed by atoms with Gasteiger partial charge in [0.25, 0.3) is 0 Å². The summed E-state index contributed by atoms with van der Waals surface area (Å²) in [7, 11) is 1.08. The minimum Gasteiger partial charge on any atom is -0.507 e. The van der Waals surface area contributed by atoms with Crippen LogP contribution >= 0.6 is 0 Å². The molecule has 2 fully saturated rings. The molecule has 3 aliphatic rings. The number of aromatic hydroxyl groups is 1. The number of aliphatic hydroxyl groups is 1. The number of hydrogen-bond acceptors (Lipinski definition) is 10. The number of Topliss-reactive ketones (excluding diaryl/α,β-unsaturated/α-hetero) is 4. The van der Waals surface area contributed by atoms with Crippen LogP contribution in [0.5, 0.6) is 5.75 Å². The van der Waals surface area contributed by atoms with Crippen molar-refractivity contribution in [2.75, 3.05) is 12.4 Å². The van der Waals surface area contributed by atoms with Gasteiger partial charge in [0.05, 0.1) is 18.6 Å². The number of ketones is 4. The maximum Gasteiger partial charge on any atom is 0.396 e. The zero-order valence-electron chi connectivity index (χ0n) is 23.6. The number of benzene rings is 2. The lowest BCUT2D eigenvalue weighted by Gasteiger charge is -2.52. The van der Waals surface area contributed by atoms with Crippen LogP contribution in [0.1, 0.15) is 36.2 Å². The molecule has 12 heteroatoms. The van der Waals surface area contributed by atoms with Gasteiger partial charge in [0, 0.05) is 17.5 Å². The molecule has 0 spiro atoms. The first kappa shape index (κ1) is 29.8. The van der Waals surface area contributed by atoms with Gasteiger partial charge in [-0.1, -0.05) is 32.0 Å². The number of carbonyl (C=O) groups is 7. The molecule has 0 aromatic heterocycles. The summed E-state index contributed by atoms with van der Waals surface area (Å²) in [4.78, 5) is 89.9. The fourth-order valence-corrected chi connectivity index (χ4v) is 7.13. The molecule has 0 aliphatic heterocycles. The zero-order chi connectivity index (χ0) is 31.5. The number of methoxy groups -OCH3 is 1. The summed E-state index contributed by atoms with van der Waals surface area (Å²) in [5, 5.41) is 24.8. The van der Waals surface area contributed by atoms with Crippen LogP contribution in [0.3, 0.4) is 0 Å². The summed E-state index contributed by atoms with van der Waals surface area (Å²) in [6.07, 6.45) is 0.0819. The van der Waals surface area contributed by atoms with Crippen molar-refractivity contribution in [1.82, 2.24) is 0 Å². The van der Waals surface area contributed by atoms with Crippen LogP contribution < -0.4 is 11.1 Å². The quantitative estimate of drug-likeness (QED) is 0.225. The Bertz CT molecular complexity index is 1610. The maximum absolute atomic E-state index is 13.9. The molecule has 2 aromatic carbocycles. The van der Waals surface area contributed by atoms with Gasteiger partial charge in [-0.3, -0.25) is 28.8 Å². The van der Waals surface area contributed by atoms with Crippen LogP contribution in [0.25, 0.3) is 11.1 Å². The predicted molar refractivity (Wildman–Crippen MR) is 148 cm³/mol. The van der Waals surface area contributed by atoms with Crippen LogP contribution in [-0.4, -0.2) is 63.8 Å². The minimum atomic E-state index is -2.76. The van der Waals surface area contributed by atoms with Crippen molar-refractivity contribution in [3.63, 3.8) is 0 Å². The number of ether oxygens (including phenoxy) is 1. The number of hydrogen-bond donors (Lipinski definition) is 4. The van der Waals surface area contributed by atoms with Crippen LogP contribution in [-0.2, 0) is 39.9 Å². The number of esters is 1. The van der Waals surface area contributed by atoms with E-state index in [4.69, 9.17) is 5.73 Å². The highest BCUT2D eigenvalue weighted by atomic mass is 16.5. The zero-order valence-corrected chi connectivity index (χ0v) is 23.6. The summed E-state index contributed by atoms with van der Waals surface area (Å²) in [6, 6.07) is 9.25. The normalized spacial score (nSPS) is 28.1. The van der Waals surface area contributed by atoms with Crippen molar-refractivity contribution in [2.24, 2.45) is 41.2 Å². The maximum atomic E-state index is 13.9. The molecular formula is C31H30N2O10. The third kappa shape index (κ3) is 4.44. The second kappa shape index (κ2) is 10.5. The molecule has 2 aromatic rings. The summed E-state index contributed by atoms with van der Waals surface area (Å²) >= 11 is 0. The highest BCUT2D eigenvalue weighted by Gasteiger charge is 2.69. The number of phenols is 1. The van der Waals surface area contributed by atoms with Gasteiger partial charge in [0.15, 0.2) is 34.7 Å². The number of fused-ring (bicyclic) bond motifs is 3. The smallest absolute Gasteiger partial charge is 0.396 e. The lowest BCUT2D eigenvalue weighted by atomic mass is 9.49. The molecule has 43 heavy (non-hydrogen) atoms. The van der Waals surface area contributed by atoms with E-state index < -0.39 is 82.0 Å². The Hall–Kier alpha value is -4.71. The Kier molecular flexibility index (Phi) is 7.29. The molecule has 2 unspecified atom stereocenters. The fourth-order valence-electron chi connectivity index (χ4n) is 7.13. The lowest BCUT2D eigenvalue weighted by molar-refractivity contribution is -0.182. The SMILES string of the molecule is COC(=O)C(=O)Nc1ccc(-c2ccc(O)c3c2C[C@H]2C[C@H]4[C@H](C(C)C)C(=O)C(C(N)=O)C(=O)[C@@]4(O)C(=O)C2C3=O)cc1. The van der Waals surface area contributed by atoms with E-state index in [1.165, 1.54) is 18.2 Å². The first-order valence-corrected chi connectivity index (χ1v) is 13.8. The second-order valence-corrected chi connectivity index (χ2v) is 11.7. The van der Waals surface area contributed by atoms with E-state index >= 15 is 0 Å². The highest BCUT2D eigenvalue weighted by Crippen LogP contribution is 2.53. The molecule has 2 amide bonds. The molecule has 6 atom stereocenters. The van der Waals surface area contributed by atoms with Crippen molar-refractivity contribution >= 4 is 46.6 Å². The van der Waals surface area contributed by atoms with Gasteiger partial charge in [-0.25, -0.2) is 4.79 Å². The largest absolute Gasteiger partial charge is 0.507 e. The van der Waals surface area contributed by atoms with Crippen LogP contribution in [0.2, 0.25) is 0 Å². The predicted octanol–water partition coefficient (Wildman–Crippen LogP) is 0.987. The van der Waals surface area contributed by atoms with Crippen LogP contribution in [0.4, 0.5) is 5.69 Å². The number of rotatable bonds is 4. The second-order valence-electron chi connectivity index (χ2n) is 11.7. The lowest BCUT2D eigenvalue weighted by Crippen LogP contribution is -2.71. The average Bonchev–Trinajstić information content (AvgIpc) is 2.94. The third-order valence-electron chi connectivity index (χ3n) is 9.02. The van der Waals surface area contributed by atoms with Gasteiger partial charge in [0.1, 0.15) is 5.75 Å². The Labute approximate surface area is 245 Å². The molecule has 224 valence electrons. The van der Waals surface area contributed by atoms with Gasteiger partial charge >= 0.3 is 11.9 Å². The molecule has 0 saturated heterocycles. The molecule has 2 saturated carbocycles. The van der Waals surface area contributed by atoms with Crippen LogP contribution in [0.15, 0.2) is 36.4 Å². The summed E-state index contributed by atoms with van der Waals surface area (Å²) < 4.78 is 4.39. The topological polar surface area (TPSA) is 207 Å². The molecule has 5 N–H and O–H groups in total. The van der Waals surface area contributed by atoms with Gasteiger partial charge in [-0.15, -0.1) is 0 Å². The van der Waals surface area contributed by atoms with Crippen LogP contribution in [0, 0.1) is 35.5 Å². The Morgan fingerprint density at radius 1 is 1.02 bits per heavy atom. The summed E-state index contributed by atoms with van der Waals surface area (Å²) in [5.41, 5.74) is 4.39. The fraction of sp³-hybridized carbons (Fsp3) is 0.387. The minimum absolute atomic E-state index is 0.0303. The van der Waals surface area contributed by atoms with E-state index in [2.05, 4.69) is 10.1 Å². The van der Waals surface area contributed by atoms with E-state index in [9.17, 15) is 43.8 Å². The van der Waals surface area contributed by atoms with Crippen molar-refractivity contribution in [1.29, 1.82) is 0 Å². The standard InChI is InChI=1S/C31H30N2O10/c1-12(2)20-18-11-14-10-17-16(13-4-6-15(7-5-13)33-29(40)30(41)43-3)8-9-19(34)22(17)25(36)21(14)26(37)31(18,42)27(38)23(24(20)35)28(32)39/h4-9,12,14,18,20-21,23,34,42H,10-11H2,1-3H3,(H2,32,39)(H,33,40)/t14-,18-,20-,21?,23?,31-/m0/s1. The number of nitrogens with one attached hydrogen (secondary N) is 1. The number of carbonyl (C=O) groups excluding carboxylic acids is 7. The first-order chi connectivity index (χ1) is 20.2. The highest BCUT2D eigenvalue weighted by molar-refractivity contribution is 6.37. The number of nitrogens with two attached hydrogens (primary N) is 1. The number of amides is 2. The number of anilines is 1. The monoisotopic (exact) mass is 590 g/mol.